The minimum atomic E-state index is -0.555. The number of rotatable bonds is 9. The fourth-order valence-electron chi connectivity index (χ4n) is 2.52. The van der Waals surface area contributed by atoms with Crippen molar-refractivity contribution in [2.75, 3.05) is 32.6 Å². The van der Waals surface area contributed by atoms with Crippen molar-refractivity contribution in [2.45, 2.75) is 6.42 Å². The van der Waals surface area contributed by atoms with Crippen molar-refractivity contribution >= 4 is 29.1 Å². The zero-order chi connectivity index (χ0) is 22.1. The molecule has 3 amide bonds. The number of nitrogens with zero attached hydrogens (tertiary/aromatic N) is 2. The van der Waals surface area contributed by atoms with Crippen molar-refractivity contribution in [2.24, 2.45) is 0 Å². The van der Waals surface area contributed by atoms with E-state index in [0.717, 1.165) is 0 Å². The van der Waals surface area contributed by atoms with Crippen molar-refractivity contribution in [1.82, 2.24) is 10.2 Å². The van der Waals surface area contributed by atoms with E-state index in [2.05, 4.69) is 10.6 Å². The summed E-state index contributed by atoms with van der Waals surface area (Å²) in [4.78, 5) is 47.6. The zero-order valence-corrected chi connectivity index (χ0v) is 16.6. The monoisotopic (exact) mass is 414 g/mol. The molecule has 0 aliphatic rings. The fourth-order valence-corrected chi connectivity index (χ4v) is 2.52. The smallest absolute Gasteiger partial charge is 0.269 e. The Hall–Kier alpha value is -3.95. The Morgan fingerprint density at radius 3 is 2.47 bits per heavy atom. The summed E-state index contributed by atoms with van der Waals surface area (Å²) in [7, 11) is 3.01. The highest BCUT2D eigenvalue weighted by atomic mass is 16.6. The van der Waals surface area contributed by atoms with Crippen molar-refractivity contribution in [3.63, 3.8) is 0 Å². The summed E-state index contributed by atoms with van der Waals surface area (Å²) in [5.41, 5.74) is 0.685. The number of hydrogen-bond donors (Lipinski definition) is 2. The van der Waals surface area contributed by atoms with Gasteiger partial charge in [0.05, 0.1) is 18.6 Å². The Labute approximate surface area is 173 Å². The predicted molar refractivity (Wildman–Crippen MR) is 109 cm³/mol. The molecule has 2 aromatic carbocycles. The molecule has 0 radical (unpaired) electrons. The average Bonchev–Trinajstić information content (AvgIpc) is 2.73. The van der Waals surface area contributed by atoms with Crippen LogP contribution in [0.2, 0.25) is 0 Å². The molecule has 158 valence electrons. The number of nitro benzene ring substituents is 1. The van der Waals surface area contributed by atoms with Gasteiger partial charge in [0.1, 0.15) is 5.75 Å². The lowest BCUT2D eigenvalue weighted by Gasteiger charge is -2.17. The van der Waals surface area contributed by atoms with Crippen LogP contribution in [0.15, 0.2) is 48.5 Å². The molecule has 2 N–H and O–H groups in total. The molecule has 2 rings (SSSR count). The number of benzene rings is 2. The van der Waals surface area contributed by atoms with E-state index in [1.54, 1.807) is 24.3 Å². The average molecular weight is 414 g/mol. The summed E-state index contributed by atoms with van der Waals surface area (Å²) < 4.78 is 5.09. The molecule has 30 heavy (non-hydrogen) atoms. The summed E-state index contributed by atoms with van der Waals surface area (Å²) >= 11 is 0. The van der Waals surface area contributed by atoms with Gasteiger partial charge in [0, 0.05) is 49.5 Å². The molecule has 0 atom stereocenters. The standard InChI is InChI=1S/C20H22N4O6/c1-23(13-18(25)22-15-4-3-5-17(12-15)30-2)19(26)10-11-21-20(27)14-6-8-16(9-7-14)24(28)29/h3-9,12H,10-11,13H2,1-2H3,(H,21,27)(H,22,25). The number of non-ortho nitro benzene ring substituents is 1. The molecular formula is C20H22N4O6. The van der Waals surface area contributed by atoms with Gasteiger partial charge in [-0.25, -0.2) is 0 Å². The van der Waals surface area contributed by atoms with Gasteiger partial charge >= 0.3 is 0 Å². The summed E-state index contributed by atoms with van der Waals surface area (Å²) in [6.45, 7) is -0.0805. The molecule has 10 nitrogen and oxygen atoms in total. The number of likely N-dealkylation sites (N-methyl/N-ethyl adjacent to an activating group) is 1. The van der Waals surface area contributed by atoms with Gasteiger partial charge in [-0.05, 0) is 24.3 Å². The topological polar surface area (TPSA) is 131 Å². The number of anilines is 1. The lowest BCUT2D eigenvalue weighted by atomic mass is 10.2. The van der Waals surface area contributed by atoms with E-state index >= 15 is 0 Å². The minimum absolute atomic E-state index is 0.00165. The van der Waals surface area contributed by atoms with Crippen LogP contribution in [0.1, 0.15) is 16.8 Å². The maximum atomic E-state index is 12.2. The van der Waals surface area contributed by atoms with E-state index in [4.69, 9.17) is 4.74 Å². The van der Waals surface area contributed by atoms with Crippen molar-refractivity contribution in [1.29, 1.82) is 0 Å². The Morgan fingerprint density at radius 1 is 1.13 bits per heavy atom. The molecule has 0 fully saturated rings. The van der Waals surface area contributed by atoms with E-state index in [1.165, 1.54) is 43.3 Å². The molecule has 10 heteroatoms. The predicted octanol–water partition coefficient (Wildman–Crippen LogP) is 1.82. The molecule has 2 aromatic rings. The second kappa shape index (κ2) is 10.6. The summed E-state index contributed by atoms with van der Waals surface area (Å²) in [6, 6.07) is 12.0. The van der Waals surface area contributed by atoms with Gasteiger partial charge in [-0.15, -0.1) is 0 Å². The first kappa shape index (κ1) is 22.3. The number of methoxy groups -OCH3 is 1. The first-order valence-corrected chi connectivity index (χ1v) is 9.00. The van der Waals surface area contributed by atoms with Gasteiger partial charge in [-0.2, -0.15) is 0 Å². The first-order valence-electron chi connectivity index (χ1n) is 9.00. The number of carbonyl (C=O) groups excluding carboxylic acids is 3. The highest BCUT2D eigenvalue weighted by molar-refractivity contribution is 5.95. The van der Waals surface area contributed by atoms with Crippen LogP contribution in [0.3, 0.4) is 0 Å². The van der Waals surface area contributed by atoms with E-state index in [0.29, 0.717) is 11.4 Å². The summed E-state index contributed by atoms with van der Waals surface area (Å²) in [5, 5.41) is 15.9. The van der Waals surface area contributed by atoms with Gasteiger partial charge in [-0.1, -0.05) is 6.07 Å². The molecular weight excluding hydrogens is 392 g/mol. The normalized spacial score (nSPS) is 10.1. The van der Waals surface area contributed by atoms with Gasteiger partial charge in [-0.3, -0.25) is 24.5 Å². The van der Waals surface area contributed by atoms with Crippen LogP contribution in [0.4, 0.5) is 11.4 Å². The number of nitro groups is 1. The molecule has 0 unspecified atom stereocenters. The van der Waals surface area contributed by atoms with E-state index in [-0.39, 0.29) is 42.6 Å². The van der Waals surface area contributed by atoms with E-state index in [9.17, 15) is 24.5 Å². The zero-order valence-electron chi connectivity index (χ0n) is 16.6. The largest absolute Gasteiger partial charge is 0.497 e. The molecule has 0 bridgehead atoms. The molecule has 0 spiro atoms. The number of nitrogens with one attached hydrogen (secondary N) is 2. The lowest BCUT2D eigenvalue weighted by molar-refractivity contribution is -0.384. The highest BCUT2D eigenvalue weighted by Gasteiger charge is 2.14. The first-order chi connectivity index (χ1) is 14.3. The number of ether oxygens (including phenoxy) is 1. The summed E-state index contributed by atoms with van der Waals surface area (Å²) in [5.74, 6) is -0.536. The number of hydrogen-bond acceptors (Lipinski definition) is 6. The van der Waals surface area contributed by atoms with Gasteiger partial charge in [0.25, 0.3) is 11.6 Å². The van der Waals surface area contributed by atoms with Crippen LogP contribution in [0.5, 0.6) is 5.75 Å². The second-order valence-corrected chi connectivity index (χ2v) is 6.34. The van der Waals surface area contributed by atoms with Crippen LogP contribution in [0, 0.1) is 10.1 Å². The van der Waals surface area contributed by atoms with Crippen molar-refractivity contribution in [3.8, 4) is 5.75 Å². The van der Waals surface area contributed by atoms with Crippen molar-refractivity contribution < 1.29 is 24.0 Å². The summed E-state index contributed by atoms with van der Waals surface area (Å²) in [6.07, 6.45) is 0.00165. The molecule has 0 aliphatic heterocycles. The number of amides is 3. The molecule has 0 aromatic heterocycles. The third-order valence-corrected chi connectivity index (χ3v) is 4.12. The van der Waals surface area contributed by atoms with Crippen LogP contribution < -0.4 is 15.4 Å². The Bertz CT molecular complexity index is 929. The minimum Gasteiger partial charge on any atom is -0.497 e. The lowest BCUT2D eigenvalue weighted by Crippen LogP contribution is -2.37. The van der Waals surface area contributed by atoms with E-state index in [1.807, 2.05) is 0 Å². The fraction of sp³-hybridized carbons (Fsp3) is 0.250. The van der Waals surface area contributed by atoms with Gasteiger partial charge in [0.2, 0.25) is 11.8 Å². The Kier molecular flexibility index (Phi) is 7.86. The van der Waals surface area contributed by atoms with E-state index < -0.39 is 10.8 Å². The van der Waals surface area contributed by atoms with Crippen LogP contribution in [0.25, 0.3) is 0 Å². The third kappa shape index (κ3) is 6.59. The van der Waals surface area contributed by atoms with Crippen molar-refractivity contribution in [3.05, 3.63) is 64.2 Å². The quantitative estimate of drug-likeness (QED) is 0.475. The van der Waals surface area contributed by atoms with Crippen LogP contribution >= 0.6 is 0 Å². The molecule has 0 aliphatic carbocycles. The Balaban J connectivity index is 1.76. The van der Waals surface area contributed by atoms with Crippen LogP contribution in [-0.2, 0) is 9.59 Å². The van der Waals surface area contributed by atoms with Gasteiger partial charge in [0.15, 0.2) is 0 Å². The highest BCUT2D eigenvalue weighted by Crippen LogP contribution is 2.16. The molecule has 0 heterocycles. The molecule has 0 saturated heterocycles. The SMILES string of the molecule is COc1cccc(NC(=O)CN(C)C(=O)CCNC(=O)c2ccc([N+](=O)[O-])cc2)c1. The Morgan fingerprint density at radius 2 is 1.83 bits per heavy atom. The maximum Gasteiger partial charge on any atom is 0.269 e. The van der Waals surface area contributed by atoms with Gasteiger partial charge < -0.3 is 20.3 Å². The molecule has 0 saturated carbocycles. The third-order valence-electron chi connectivity index (χ3n) is 4.12. The maximum absolute atomic E-state index is 12.2. The second-order valence-electron chi connectivity index (χ2n) is 6.34. The van der Waals surface area contributed by atoms with Crippen LogP contribution in [-0.4, -0.2) is 54.8 Å². The number of carbonyl (C=O) groups is 3.